The number of aromatic nitrogens is 2. The van der Waals surface area contributed by atoms with Crippen molar-refractivity contribution < 1.29 is 40.3 Å². The average Bonchev–Trinajstić information content (AvgIpc) is 2.69. The summed E-state index contributed by atoms with van der Waals surface area (Å²) in [6, 6.07) is 1.28. The normalized spacial score (nSPS) is 18.5. The number of nitrogens with zero attached hydrogens (tertiary/aromatic N) is 1. The van der Waals surface area contributed by atoms with Crippen molar-refractivity contribution >= 4 is 5.91 Å². The first-order valence-corrected chi connectivity index (χ1v) is 10.6. The van der Waals surface area contributed by atoms with Crippen LogP contribution in [0, 0.1) is 17.7 Å². The van der Waals surface area contributed by atoms with Crippen molar-refractivity contribution in [3.8, 4) is 11.4 Å². The molecule has 1 fully saturated rings. The van der Waals surface area contributed by atoms with Gasteiger partial charge in [-0.1, -0.05) is 19.9 Å². The van der Waals surface area contributed by atoms with Crippen LogP contribution < -0.4 is 10.9 Å². The highest BCUT2D eigenvalue weighted by Gasteiger charge is 2.39. The van der Waals surface area contributed by atoms with Gasteiger partial charge >= 0.3 is 12.4 Å². The van der Waals surface area contributed by atoms with Gasteiger partial charge in [0.2, 0.25) is 5.91 Å². The maximum absolute atomic E-state index is 15.2. The summed E-state index contributed by atoms with van der Waals surface area (Å²) >= 11 is 0. The van der Waals surface area contributed by atoms with E-state index in [0.29, 0.717) is 31.4 Å². The van der Waals surface area contributed by atoms with E-state index in [2.05, 4.69) is 10.3 Å². The lowest BCUT2D eigenvalue weighted by Gasteiger charge is -2.34. The van der Waals surface area contributed by atoms with Crippen molar-refractivity contribution in [3.05, 3.63) is 51.2 Å². The SMILES string of the molecule is CC(C)COC1CC(C(=O)NCc2ccc(C(F)(F)F)c(-c3nc(C(F)(F)F)cc(=O)[nH]3)c2F)C1. The number of hydrogen-bond acceptors (Lipinski definition) is 4. The first-order valence-electron chi connectivity index (χ1n) is 10.6. The Morgan fingerprint density at radius 1 is 1.17 bits per heavy atom. The Kier molecular flexibility index (Phi) is 7.58. The predicted octanol–water partition coefficient (Wildman–Crippen LogP) is 4.68. The first kappa shape index (κ1) is 26.6. The minimum Gasteiger partial charge on any atom is -0.378 e. The van der Waals surface area contributed by atoms with Gasteiger partial charge < -0.3 is 15.0 Å². The van der Waals surface area contributed by atoms with E-state index in [4.69, 9.17) is 4.74 Å². The molecule has 6 nitrogen and oxygen atoms in total. The van der Waals surface area contributed by atoms with E-state index in [9.17, 15) is 35.9 Å². The van der Waals surface area contributed by atoms with Crippen molar-refractivity contribution in [1.29, 1.82) is 0 Å². The quantitative estimate of drug-likeness (QED) is 0.531. The minimum absolute atomic E-state index is 0.0511. The fraction of sp³-hybridized carbons (Fsp3) is 0.500. The van der Waals surface area contributed by atoms with Gasteiger partial charge in [-0.2, -0.15) is 26.3 Å². The number of nitrogens with one attached hydrogen (secondary N) is 2. The third-order valence-corrected chi connectivity index (χ3v) is 5.38. The van der Waals surface area contributed by atoms with Gasteiger partial charge in [-0.05, 0) is 24.8 Å². The van der Waals surface area contributed by atoms with E-state index in [1.807, 2.05) is 13.8 Å². The molecule has 0 radical (unpaired) electrons. The number of carbonyl (C=O) groups is 1. The summed E-state index contributed by atoms with van der Waals surface area (Å²) in [4.78, 5) is 28.7. The van der Waals surface area contributed by atoms with Crippen molar-refractivity contribution in [3.63, 3.8) is 0 Å². The van der Waals surface area contributed by atoms with Crippen molar-refractivity contribution in [1.82, 2.24) is 15.3 Å². The van der Waals surface area contributed by atoms with Crippen LogP contribution in [0.4, 0.5) is 30.7 Å². The Hall–Kier alpha value is -2.96. The number of ether oxygens (including phenoxy) is 1. The van der Waals surface area contributed by atoms with E-state index in [-0.39, 0.29) is 12.2 Å². The highest BCUT2D eigenvalue weighted by molar-refractivity contribution is 5.79. The lowest BCUT2D eigenvalue weighted by molar-refractivity contribution is -0.141. The maximum Gasteiger partial charge on any atom is 0.433 e. The monoisotopic (exact) mass is 509 g/mol. The average molecular weight is 509 g/mol. The van der Waals surface area contributed by atoms with Crippen LogP contribution in [0.1, 0.15) is 43.5 Å². The summed E-state index contributed by atoms with van der Waals surface area (Å²) in [6.07, 6.45) is -9.53. The van der Waals surface area contributed by atoms with Gasteiger partial charge in [-0.15, -0.1) is 0 Å². The fourth-order valence-electron chi connectivity index (χ4n) is 3.52. The third kappa shape index (κ3) is 6.38. The van der Waals surface area contributed by atoms with E-state index < -0.39 is 70.3 Å². The summed E-state index contributed by atoms with van der Waals surface area (Å²) in [5, 5.41) is 2.42. The van der Waals surface area contributed by atoms with Gasteiger partial charge in [-0.3, -0.25) is 9.59 Å². The number of hydrogen-bond donors (Lipinski definition) is 2. The third-order valence-electron chi connectivity index (χ3n) is 5.38. The molecule has 1 aliphatic rings. The van der Waals surface area contributed by atoms with Gasteiger partial charge in [0.25, 0.3) is 5.56 Å². The summed E-state index contributed by atoms with van der Waals surface area (Å²) in [5.74, 6) is -3.34. The number of amides is 1. The Morgan fingerprint density at radius 2 is 1.83 bits per heavy atom. The number of carbonyl (C=O) groups excluding carboxylic acids is 1. The van der Waals surface area contributed by atoms with Gasteiger partial charge in [0, 0.05) is 30.7 Å². The molecule has 0 spiro atoms. The molecule has 0 bridgehead atoms. The summed E-state index contributed by atoms with van der Waals surface area (Å²) in [5.41, 5.74) is -6.59. The second-order valence-corrected chi connectivity index (χ2v) is 8.67. The van der Waals surface area contributed by atoms with Gasteiger partial charge in [0.05, 0.1) is 17.2 Å². The summed E-state index contributed by atoms with van der Waals surface area (Å²) in [6.45, 7) is 3.96. The van der Waals surface area contributed by atoms with Crippen LogP contribution in [0.15, 0.2) is 23.0 Å². The summed E-state index contributed by atoms with van der Waals surface area (Å²) in [7, 11) is 0. The second kappa shape index (κ2) is 9.96. The highest BCUT2D eigenvalue weighted by atomic mass is 19.4. The number of H-pyrrole nitrogens is 1. The number of rotatable bonds is 7. The molecule has 0 aliphatic heterocycles. The van der Waals surface area contributed by atoms with Gasteiger partial charge in [-0.25, -0.2) is 9.37 Å². The Labute approximate surface area is 194 Å². The van der Waals surface area contributed by atoms with Crippen molar-refractivity contribution in [2.45, 2.75) is 51.7 Å². The first-order chi connectivity index (χ1) is 16.2. The van der Waals surface area contributed by atoms with E-state index in [0.717, 1.165) is 6.07 Å². The van der Waals surface area contributed by atoms with E-state index in [1.54, 1.807) is 4.98 Å². The molecule has 13 heteroatoms. The smallest absolute Gasteiger partial charge is 0.378 e. The molecular weight excluding hydrogens is 487 g/mol. The van der Waals surface area contributed by atoms with Crippen LogP contribution in [-0.4, -0.2) is 28.6 Å². The number of benzene rings is 1. The van der Waals surface area contributed by atoms with Crippen molar-refractivity contribution in [2.75, 3.05) is 6.61 Å². The van der Waals surface area contributed by atoms with Crippen LogP contribution in [0.3, 0.4) is 0 Å². The molecule has 0 atom stereocenters. The fourth-order valence-corrected chi connectivity index (χ4v) is 3.52. The van der Waals surface area contributed by atoms with Gasteiger partial charge in [0.1, 0.15) is 11.6 Å². The molecule has 1 amide bonds. The second-order valence-electron chi connectivity index (χ2n) is 8.67. The Bertz CT molecular complexity index is 1140. The van der Waals surface area contributed by atoms with E-state index >= 15 is 4.39 Å². The largest absolute Gasteiger partial charge is 0.433 e. The molecule has 2 aromatic rings. The molecule has 0 unspecified atom stereocenters. The molecule has 1 aromatic carbocycles. The topological polar surface area (TPSA) is 84.1 Å². The predicted molar refractivity (Wildman–Crippen MR) is 109 cm³/mol. The van der Waals surface area contributed by atoms with Crippen LogP contribution >= 0.6 is 0 Å². The molecule has 35 heavy (non-hydrogen) atoms. The van der Waals surface area contributed by atoms with Crippen LogP contribution in [0.25, 0.3) is 11.4 Å². The molecule has 0 saturated heterocycles. The lowest BCUT2D eigenvalue weighted by Crippen LogP contribution is -2.42. The molecule has 1 heterocycles. The zero-order valence-corrected chi connectivity index (χ0v) is 18.6. The number of aromatic amines is 1. The summed E-state index contributed by atoms with van der Waals surface area (Å²) < 4.78 is 100. The highest BCUT2D eigenvalue weighted by Crippen LogP contribution is 2.39. The standard InChI is InChI=1S/C22H22F7N3O3/c1-10(2)9-35-13-5-12(6-13)20(34)30-8-11-3-4-14(21(24,25)26)17(18(11)23)19-31-15(22(27,28)29)7-16(33)32-19/h3-4,7,10,12-13H,5-6,8-9H2,1-2H3,(H,30,34)(H,31,32,33). The molecule has 192 valence electrons. The lowest BCUT2D eigenvalue weighted by atomic mass is 9.81. The molecule has 3 rings (SSSR count). The Morgan fingerprint density at radius 3 is 2.40 bits per heavy atom. The zero-order valence-electron chi connectivity index (χ0n) is 18.6. The van der Waals surface area contributed by atoms with Crippen LogP contribution in [0.2, 0.25) is 0 Å². The Balaban J connectivity index is 1.85. The molecular formula is C22H22F7N3O3. The molecule has 1 saturated carbocycles. The minimum atomic E-state index is -5.16. The van der Waals surface area contributed by atoms with Crippen LogP contribution in [-0.2, 0) is 28.4 Å². The number of alkyl halides is 6. The van der Waals surface area contributed by atoms with Gasteiger partial charge in [0.15, 0.2) is 5.69 Å². The molecule has 1 aliphatic carbocycles. The maximum atomic E-state index is 15.2. The number of halogens is 7. The van der Waals surface area contributed by atoms with E-state index in [1.165, 1.54) is 0 Å². The molecule has 2 N–H and O–H groups in total. The van der Waals surface area contributed by atoms with Crippen LogP contribution in [0.5, 0.6) is 0 Å². The zero-order chi connectivity index (χ0) is 26.1. The molecule has 1 aromatic heterocycles. The van der Waals surface area contributed by atoms with Crippen molar-refractivity contribution in [2.24, 2.45) is 11.8 Å².